The van der Waals surface area contributed by atoms with Crippen LogP contribution in [0, 0.1) is 17.7 Å². The lowest BCUT2D eigenvalue weighted by molar-refractivity contribution is -0.146. The zero-order chi connectivity index (χ0) is 19.9. The molecule has 3 rings (SSSR count). The largest absolute Gasteiger partial charge is 0.469 e. The summed E-state index contributed by atoms with van der Waals surface area (Å²) in [6.07, 6.45) is 4.82. The maximum Gasteiger partial charge on any atom is 0.308 e. The molecule has 0 radical (unpaired) electrons. The van der Waals surface area contributed by atoms with Crippen LogP contribution in [0.4, 0.5) is 4.39 Å². The van der Waals surface area contributed by atoms with Crippen molar-refractivity contribution in [3.05, 3.63) is 54.0 Å². The Labute approximate surface area is 163 Å². The van der Waals surface area contributed by atoms with Crippen molar-refractivity contribution in [2.75, 3.05) is 13.7 Å². The van der Waals surface area contributed by atoms with Crippen molar-refractivity contribution in [2.24, 2.45) is 11.8 Å². The Hall–Kier alpha value is -2.96. The Balaban J connectivity index is 1.56. The van der Waals surface area contributed by atoms with Crippen molar-refractivity contribution >= 4 is 11.9 Å². The van der Waals surface area contributed by atoms with E-state index >= 15 is 0 Å². The molecule has 1 N–H and O–H groups in total. The highest BCUT2D eigenvalue weighted by molar-refractivity contribution is 5.96. The third kappa shape index (κ3) is 5.06. The molecule has 1 amide bonds. The summed E-state index contributed by atoms with van der Waals surface area (Å²) in [6, 6.07) is 8.81. The number of nitrogens with one attached hydrogen (secondary N) is 1. The predicted octanol–water partition coefficient (Wildman–Crippen LogP) is 3.72. The number of esters is 1. The number of ether oxygens (including phenoxy) is 2. The molecule has 0 bridgehead atoms. The molecular formula is C21H23FN2O4. The number of hydrogen-bond acceptors (Lipinski definition) is 5. The Kier molecular flexibility index (Phi) is 6.57. The van der Waals surface area contributed by atoms with Crippen LogP contribution in [0.3, 0.4) is 0 Å². The van der Waals surface area contributed by atoms with Gasteiger partial charge in [0.25, 0.3) is 5.91 Å². The number of amides is 1. The van der Waals surface area contributed by atoms with Crippen LogP contribution in [0.15, 0.2) is 42.6 Å². The van der Waals surface area contributed by atoms with Crippen LogP contribution in [0.5, 0.6) is 11.6 Å². The summed E-state index contributed by atoms with van der Waals surface area (Å²) in [5, 5.41) is 2.93. The van der Waals surface area contributed by atoms with E-state index in [-0.39, 0.29) is 29.5 Å². The monoisotopic (exact) mass is 386 g/mol. The lowest BCUT2D eigenvalue weighted by Crippen LogP contribution is -2.32. The van der Waals surface area contributed by atoms with Gasteiger partial charge < -0.3 is 14.8 Å². The van der Waals surface area contributed by atoms with Gasteiger partial charge in [-0.1, -0.05) is 0 Å². The number of rotatable bonds is 6. The van der Waals surface area contributed by atoms with E-state index in [9.17, 15) is 14.0 Å². The van der Waals surface area contributed by atoms with Crippen LogP contribution in [0.25, 0.3) is 0 Å². The average molecular weight is 386 g/mol. The summed E-state index contributed by atoms with van der Waals surface area (Å²) in [5.74, 6) is 0.0549. The minimum Gasteiger partial charge on any atom is -0.469 e. The number of carbonyl (C=O) groups is 2. The number of benzene rings is 1. The second-order valence-corrected chi connectivity index (χ2v) is 6.86. The summed E-state index contributed by atoms with van der Waals surface area (Å²) in [4.78, 5) is 28.3. The van der Waals surface area contributed by atoms with E-state index in [1.807, 2.05) is 0 Å². The number of pyridine rings is 1. The molecule has 0 spiro atoms. The molecule has 1 aromatic carbocycles. The SMILES string of the molecule is COC(=O)C1CCC(CNC(=O)c2cccnc2Oc2ccc(F)cc2)CC1. The van der Waals surface area contributed by atoms with E-state index in [0.717, 1.165) is 25.7 Å². The fraction of sp³-hybridized carbons (Fsp3) is 0.381. The molecule has 28 heavy (non-hydrogen) atoms. The van der Waals surface area contributed by atoms with Gasteiger partial charge in [0.1, 0.15) is 17.1 Å². The highest BCUT2D eigenvalue weighted by Gasteiger charge is 2.27. The summed E-state index contributed by atoms with van der Waals surface area (Å²) in [7, 11) is 1.41. The van der Waals surface area contributed by atoms with E-state index in [0.29, 0.717) is 23.8 Å². The van der Waals surface area contributed by atoms with Crippen molar-refractivity contribution in [3.8, 4) is 11.6 Å². The van der Waals surface area contributed by atoms with Crippen molar-refractivity contribution in [1.29, 1.82) is 0 Å². The fourth-order valence-corrected chi connectivity index (χ4v) is 3.36. The molecule has 1 saturated carbocycles. The molecule has 1 aromatic heterocycles. The van der Waals surface area contributed by atoms with Crippen molar-refractivity contribution in [3.63, 3.8) is 0 Å². The van der Waals surface area contributed by atoms with Crippen molar-refractivity contribution in [2.45, 2.75) is 25.7 Å². The predicted molar refractivity (Wildman–Crippen MR) is 101 cm³/mol. The highest BCUT2D eigenvalue weighted by Crippen LogP contribution is 2.29. The van der Waals surface area contributed by atoms with Gasteiger partial charge in [-0.05, 0) is 68.0 Å². The van der Waals surface area contributed by atoms with Crippen LogP contribution in [-0.4, -0.2) is 30.5 Å². The first-order valence-corrected chi connectivity index (χ1v) is 9.31. The van der Waals surface area contributed by atoms with E-state index in [1.165, 1.54) is 37.6 Å². The minimum atomic E-state index is -0.367. The highest BCUT2D eigenvalue weighted by atomic mass is 19.1. The standard InChI is InChI=1S/C21H23FN2O4/c1-27-21(26)15-6-4-14(5-7-15)13-24-19(25)18-3-2-12-23-20(18)28-17-10-8-16(22)9-11-17/h2-3,8-12,14-15H,4-7,13H2,1H3,(H,24,25). The molecule has 1 aliphatic rings. The molecule has 0 aliphatic heterocycles. The third-order valence-corrected chi connectivity index (χ3v) is 4.98. The number of methoxy groups -OCH3 is 1. The molecule has 6 nitrogen and oxygen atoms in total. The molecule has 148 valence electrons. The Bertz CT molecular complexity index is 817. The van der Waals surface area contributed by atoms with E-state index in [1.54, 1.807) is 12.1 Å². The van der Waals surface area contributed by atoms with E-state index < -0.39 is 0 Å². The Morgan fingerprint density at radius 3 is 2.54 bits per heavy atom. The zero-order valence-electron chi connectivity index (χ0n) is 15.7. The summed E-state index contributed by atoms with van der Waals surface area (Å²) >= 11 is 0. The number of halogens is 1. The Morgan fingerprint density at radius 1 is 1.14 bits per heavy atom. The topological polar surface area (TPSA) is 77.5 Å². The van der Waals surface area contributed by atoms with Gasteiger partial charge in [0, 0.05) is 12.7 Å². The van der Waals surface area contributed by atoms with Crippen LogP contribution < -0.4 is 10.1 Å². The van der Waals surface area contributed by atoms with Crippen LogP contribution in [-0.2, 0) is 9.53 Å². The van der Waals surface area contributed by atoms with Crippen molar-refractivity contribution < 1.29 is 23.5 Å². The summed E-state index contributed by atoms with van der Waals surface area (Å²) < 4.78 is 23.5. The molecular weight excluding hydrogens is 363 g/mol. The Morgan fingerprint density at radius 2 is 1.86 bits per heavy atom. The molecule has 7 heteroatoms. The first-order valence-electron chi connectivity index (χ1n) is 9.31. The summed E-state index contributed by atoms with van der Waals surface area (Å²) in [6.45, 7) is 0.525. The average Bonchev–Trinajstić information content (AvgIpc) is 2.74. The second kappa shape index (κ2) is 9.30. The number of nitrogens with zero attached hydrogens (tertiary/aromatic N) is 1. The van der Waals surface area contributed by atoms with Crippen molar-refractivity contribution in [1.82, 2.24) is 10.3 Å². The maximum atomic E-state index is 13.0. The van der Waals surface area contributed by atoms with Gasteiger partial charge in [0.15, 0.2) is 0 Å². The lowest BCUT2D eigenvalue weighted by Gasteiger charge is -2.27. The molecule has 0 saturated heterocycles. The molecule has 2 aromatic rings. The number of aromatic nitrogens is 1. The maximum absolute atomic E-state index is 13.0. The molecule has 0 unspecified atom stereocenters. The normalized spacial score (nSPS) is 18.9. The van der Waals surface area contributed by atoms with Gasteiger partial charge >= 0.3 is 5.97 Å². The molecule has 1 aliphatic carbocycles. The first kappa shape index (κ1) is 19.8. The molecule has 1 heterocycles. The van der Waals surface area contributed by atoms with E-state index in [2.05, 4.69) is 10.3 Å². The van der Waals surface area contributed by atoms with E-state index in [4.69, 9.17) is 9.47 Å². The van der Waals surface area contributed by atoms with Gasteiger partial charge in [-0.15, -0.1) is 0 Å². The van der Waals surface area contributed by atoms with Crippen LogP contribution in [0.1, 0.15) is 36.0 Å². The first-order chi connectivity index (χ1) is 13.6. The molecule has 0 atom stereocenters. The van der Waals surface area contributed by atoms with Gasteiger partial charge in [-0.3, -0.25) is 9.59 Å². The quantitative estimate of drug-likeness (QED) is 0.766. The lowest BCUT2D eigenvalue weighted by atomic mass is 9.82. The van der Waals surface area contributed by atoms with Gasteiger partial charge in [0.2, 0.25) is 5.88 Å². The minimum absolute atomic E-state index is 0.0361. The summed E-state index contributed by atoms with van der Waals surface area (Å²) in [5.41, 5.74) is 0.315. The number of hydrogen-bond donors (Lipinski definition) is 1. The fourth-order valence-electron chi connectivity index (χ4n) is 3.36. The second-order valence-electron chi connectivity index (χ2n) is 6.86. The zero-order valence-corrected chi connectivity index (χ0v) is 15.7. The van der Waals surface area contributed by atoms with Crippen LogP contribution >= 0.6 is 0 Å². The van der Waals surface area contributed by atoms with Crippen LogP contribution in [0.2, 0.25) is 0 Å². The van der Waals surface area contributed by atoms with Gasteiger partial charge in [-0.2, -0.15) is 0 Å². The third-order valence-electron chi connectivity index (χ3n) is 4.98. The number of carbonyl (C=O) groups excluding carboxylic acids is 2. The smallest absolute Gasteiger partial charge is 0.308 e. The van der Waals surface area contributed by atoms with Gasteiger partial charge in [-0.25, -0.2) is 9.37 Å². The molecule has 1 fully saturated rings. The van der Waals surface area contributed by atoms with Gasteiger partial charge in [0.05, 0.1) is 13.0 Å².